The Morgan fingerprint density at radius 1 is 1.18 bits per heavy atom. The summed E-state index contributed by atoms with van der Waals surface area (Å²) < 4.78 is 0. The maximum Gasteiger partial charge on any atom is 0.0263 e. The lowest BCUT2D eigenvalue weighted by atomic mass is 9.98. The molecule has 0 aliphatic heterocycles. The summed E-state index contributed by atoms with van der Waals surface area (Å²) in [4.78, 5) is 0. The predicted molar refractivity (Wildman–Crippen MR) is 47.7 cm³/mol. The molecule has 0 aliphatic rings. The highest BCUT2D eigenvalue weighted by Gasteiger charge is 2.07. The van der Waals surface area contributed by atoms with Gasteiger partial charge >= 0.3 is 0 Å². The van der Waals surface area contributed by atoms with Crippen LogP contribution in [0.15, 0.2) is 0 Å². The third-order valence-electron chi connectivity index (χ3n) is 1.92. The average Bonchev–Trinajstić information content (AvgIpc) is 1.87. The normalized spacial score (nSPS) is 11.5. The van der Waals surface area contributed by atoms with E-state index in [9.17, 15) is 0 Å². The summed E-state index contributed by atoms with van der Waals surface area (Å²) in [5.74, 6) is 0.681. The zero-order valence-corrected chi connectivity index (χ0v) is 8.01. The molecule has 0 saturated carbocycles. The topological polar surface area (TPSA) is 23.5 Å². The molecule has 0 unspecified atom stereocenters. The zero-order valence-electron chi connectivity index (χ0n) is 8.01. The number of nitrogens with zero attached hydrogens (tertiary/aromatic N) is 1. The summed E-state index contributed by atoms with van der Waals surface area (Å²) >= 11 is 0. The lowest BCUT2D eigenvalue weighted by molar-refractivity contribution is -0.0775. The van der Waals surface area contributed by atoms with Crippen LogP contribution in [0.5, 0.6) is 0 Å². The second-order valence-electron chi connectivity index (χ2n) is 3.28. The lowest BCUT2D eigenvalue weighted by Crippen LogP contribution is -2.22. The minimum Gasteiger partial charge on any atom is -0.314 e. The maximum absolute atomic E-state index is 9.01. The summed E-state index contributed by atoms with van der Waals surface area (Å²) in [7, 11) is 1.72. The van der Waals surface area contributed by atoms with E-state index in [4.69, 9.17) is 5.21 Å². The molecular formula is C9H21NO. The minimum atomic E-state index is 0.681. The van der Waals surface area contributed by atoms with Gasteiger partial charge in [0.05, 0.1) is 0 Å². The van der Waals surface area contributed by atoms with Crippen molar-refractivity contribution in [2.75, 3.05) is 13.6 Å². The molecule has 0 aromatic heterocycles. The fourth-order valence-electron chi connectivity index (χ4n) is 1.52. The molecule has 68 valence electrons. The Bertz CT molecular complexity index is 77.6. The molecule has 0 heterocycles. The number of rotatable bonds is 6. The van der Waals surface area contributed by atoms with Gasteiger partial charge in [0.2, 0.25) is 0 Å². The predicted octanol–water partition coefficient (Wildman–Crippen LogP) is 2.52. The van der Waals surface area contributed by atoms with Gasteiger partial charge in [-0.3, -0.25) is 0 Å². The Kier molecular flexibility index (Phi) is 6.57. The van der Waals surface area contributed by atoms with Crippen molar-refractivity contribution >= 4 is 0 Å². The van der Waals surface area contributed by atoms with Crippen molar-refractivity contribution in [1.29, 1.82) is 0 Å². The van der Waals surface area contributed by atoms with E-state index in [0.717, 1.165) is 6.54 Å². The quantitative estimate of drug-likeness (QED) is 0.602. The van der Waals surface area contributed by atoms with Gasteiger partial charge < -0.3 is 5.21 Å². The van der Waals surface area contributed by atoms with Crippen molar-refractivity contribution in [3.8, 4) is 0 Å². The molecule has 1 N–H and O–H groups in total. The van der Waals surface area contributed by atoms with Gasteiger partial charge in [-0.05, 0) is 18.8 Å². The number of hydrogen-bond donors (Lipinski definition) is 1. The Hall–Kier alpha value is -0.0800. The summed E-state index contributed by atoms with van der Waals surface area (Å²) in [5, 5.41) is 10.3. The molecule has 0 bridgehead atoms. The van der Waals surface area contributed by atoms with Crippen LogP contribution in [0.1, 0.15) is 39.5 Å². The molecule has 0 radical (unpaired) electrons. The minimum absolute atomic E-state index is 0.681. The summed E-state index contributed by atoms with van der Waals surface area (Å²) in [6.45, 7) is 5.21. The third-order valence-corrected chi connectivity index (χ3v) is 1.92. The third kappa shape index (κ3) is 6.32. The van der Waals surface area contributed by atoms with Crippen molar-refractivity contribution in [2.45, 2.75) is 39.5 Å². The van der Waals surface area contributed by atoms with Crippen LogP contribution >= 0.6 is 0 Å². The molecule has 2 heteroatoms. The van der Waals surface area contributed by atoms with E-state index in [-0.39, 0.29) is 0 Å². The van der Waals surface area contributed by atoms with Gasteiger partial charge in [0, 0.05) is 13.6 Å². The van der Waals surface area contributed by atoms with Gasteiger partial charge in [0.25, 0.3) is 0 Å². The molecule has 0 atom stereocenters. The van der Waals surface area contributed by atoms with Crippen molar-refractivity contribution < 1.29 is 5.21 Å². The molecule has 0 aromatic carbocycles. The van der Waals surface area contributed by atoms with Crippen molar-refractivity contribution in [3.05, 3.63) is 0 Å². The molecule has 0 aliphatic carbocycles. The first-order valence-corrected chi connectivity index (χ1v) is 4.60. The standard InChI is InChI=1S/C9H21NO/c1-4-6-9(7-5-2)8-10(3)11/h9,11H,4-8H2,1-3H3. The van der Waals surface area contributed by atoms with Gasteiger partial charge in [-0.25, -0.2) is 0 Å². The van der Waals surface area contributed by atoms with Crippen LogP contribution in [0.4, 0.5) is 0 Å². The average molecular weight is 159 g/mol. The number of hydrogen-bond acceptors (Lipinski definition) is 2. The molecule has 0 amide bonds. The van der Waals surface area contributed by atoms with Gasteiger partial charge in [0.1, 0.15) is 0 Å². The summed E-state index contributed by atoms with van der Waals surface area (Å²) in [5.41, 5.74) is 0. The van der Waals surface area contributed by atoms with Crippen molar-refractivity contribution in [1.82, 2.24) is 5.06 Å². The fourth-order valence-corrected chi connectivity index (χ4v) is 1.52. The van der Waals surface area contributed by atoms with Gasteiger partial charge in [-0.2, -0.15) is 5.06 Å². The monoisotopic (exact) mass is 159 g/mol. The zero-order chi connectivity index (χ0) is 8.69. The highest BCUT2D eigenvalue weighted by Crippen LogP contribution is 2.13. The van der Waals surface area contributed by atoms with Crippen molar-refractivity contribution in [2.24, 2.45) is 5.92 Å². The second kappa shape index (κ2) is 6.62. The summed E-state index contributed by atoms with van der Waals surface area (Å²) in [6, 6.07) is 0. The van der Waals surface area contributed by atoms with Crippen LogP contribution in [-0.2, 0) is 0 Å². The fraction of sp³-hybridized carbons (Fsp3) is 1.00. The summed E-state index contributed by atoms with van der Waals surface area (Å²) in [6.07, 6.45) is 4.91. The molecule has 0 saturated heterocycles. The SMILES string of the molecule is CCCC(CCC)CN(C)O. The lowest BCUT2D eigenvalue weighted by Gasteiger charge is -2.18. The van der Waals surface area contributed by atoms with E-state index in [1.165, 1.54) is 30.7 Å². The van der Waals surface area contributed by atoms with Crippen molar-refractivity contribution in [3.63, 3.8) is 0 Å². The Labute approximate surface area is 70.2 Å². The van der Waals surface area contributed by atoms with E-state index in [0.29, 0.717) is 5.92 Å². The van der Waals surface area contributed by atoms with Gasteiger partial charge in [0.15, 0.2) is 0 Å². The van der Waals surface area contributed by atoms with Crippen LogP contribution in [-0.4, -0.2) is 23.9 Å². The smallest absolute Gasteiger partial charge is 0.0263 e. The Morgan fingerprint density at radius 3 is 1.91 bits per heavy atom. The second-order valence-corrected chi connectivity index (χ2v) is 3.28. The Morgan fingerprint density at radius 2 is 1.64 bits per heavy atom. The molecule has 11 heavy (non-hydrogen) atoms. The van der Waals surface area contributed by atoms with E-state index < -0.39 is 0 Å². The maximum atomic E-state index is 9.01. The molecule has 0 fully saturated rings. The van der Waals surface area contributed by atoms with Crippen LogP contribution < -0.4 is 0 Å². The van der Waals surface area contributed by atoms with E-state index in [1.807, 2.05) is 0 Å². The first kappa shape index (κ1) is 10.9. The van der Waals surface area contributed by atoms with E-state index in [2.05, 4.69) is 13.8 Å². The highest BCUT2D eigenvalue weighted by atomic mass is 16.5. The van der Waals surface area contributed by atoms with E-state index >= 15 is 0 Å². The highest BCUT2D eigenvalue weighted by molar-refractivity contribution is 4.58. The molecule has 0 spiro atoms. The molecular weight excluding hydrogens is 138 g/mol. The number of hydroxylamine groups is 2. The molecule has 2 nitrogen and oxygen atoms in total. The van der Waals surface area contributed by atoms with Crippen LogP contribution in [0.25, 0.3) is 0 Å². The van der Waals surface area contributed by atoms with Crippen LogP contribution in [0, 0.1) is 5.92 Å². The van der Waals surface area contributed by atoms with Gasteiger partial charge in [-0.1, -0.05) is 26.7 Å². The van der Waals surface area contributed by atoms with Gasteiger partial charge in [-0.15, -0.1) is 0 Å². The largest absolute Gasteiger partial charge is 0.314 e. The molecule has 0 rings (SSSR count). The Balaban J connectivity index is 3.50. The van der Waals surface area contributed by atoms with Crippen LogP contribution in [0.3, 0.4) is 0 Å². The molecule has 0 aromatic rings. The first-order chi connectivity index (χ1) is 5.20. The van der Waals surface area contributed by atoms with E-state index in [1.54, 1.807) is 7.05 Å². The van der Waals surface area contributed by atoms with Crippen LogP contribution in [0.2, 0.25) is 0 Å². The first-order valence-electron chi connectivity index (χ1n) is 4.60.